The first kappa shape index (κ1) is 22.6. The normalized spacial score (nSPS) is 17.0. The van der Waals surface area contributed by atoms with Crippen LogP contribution in [0.3, 0.4) is 0 Å². The number of nitrogens with zero attached hydrogens (tertiary/aromatic N) is 1. The molecule has 3 aromatic carbocycles. The van der Waals surface area contributed by atoms with Crippen molar-refractivity contribution < 1.29 is 28.2 Å². The summed E-state index contributed by atoms with van der Waals surface area (Å²) in [5.41, 5.74) is 1.65. The van der Waals surface area contributed by atoms with Gasteiger partial charge in [-0.1, -0.05) is 30.3 Å². The molecule has 0 aliphatic carbocycles. The van der Waals surface area contributed by atoms with Gasteiger partial charge in [-0.15, -0.1) is 0 Å². The molecule has 0 spiro atoms. The summed E-state index contributed by atoms with van der Waals surface area (Å²) in [6, 6.07) is 17.1. The lowest BCUT2D eigenvalue weighted by Crippen LogP contribution is -2.51. The Hall–Kier alpha value is -3.62. The molecule has 2 N–H and O–H groups in total. The van der Waals surface area contributed by atoms with Gasteiger partial charge in [0.1, 0.15) is 24.3 Å². The highest BCUT2D eigenvalue weighted by molar-refractivity contribution is 6.04. The molecule has 170 valence electrons. The van der Waals surface area contributed by atoms with Crippen molar-refractivity contribution in [2.75, 3.05) is 18.5 Å². The minimum absolute atomic E-state index is 0.0163. The Kier molecular flexibility index (Phi) is 6.76. The molecule has 2 amide bonds. The van der Waals surface area contributed by atoms with Crippen LogP contribution in [0.5, 0.6) is 0 Å². The van der Waals surface area contributed by atoms with Gasteiger partial charge in [-0.3, -0.25) is 9.59 Å². The molecule has 1 heterocycles. The van der Waals surface area contributed by atoms with E-state index in [1.807, 2.05) is 0 Å². The van der Waals surface area contributed by atoms with Gasteiger partial charge < -0.3 is 20.1 Å². The van der Waals surface area contributed by atoms with Gasteiger partial charge in [-0.25, -0.2) is 8.78 Å². The van der Waals surface area contributed by atoms with E-state index >= 15 is 0 Å². The van der Waals surface area contributed by atoms with E-state index in [1.165, 1.54) is 35.2 Å². The lowest BCUT2D eigenvalue weighted by Gasteiger charge is -2.38. The minimum Gasteiger partial charge on any atom is -0.386 e. The molecule has 1 aliphatic heterocycles. The maximum Gasteiger partial charge on any atom is 0.255 e. The summed E-state index contributed by atoms with van der Waals surface area (Å²) in [6.45, 7) is -0.0150. The molecule has 1 fully saturated rings. The molecule has 3 aromatic rings. The molecule has 0 unspecified atom stereocenters. The highest BCUT2D eigenvalue weighted by atomic mass is 19.1. The first-order valence-electron chi connectivity index (χ1n) is 10.4. The predicted molar refractivity (Wildman–Crippen MR) is 117 cm³/mol. The molecule has 1 saturated heterocycles. The smallest absolute Gasteiger partial charge is 0.255 e. The Labute approximate surface area is 189 Å². The van der Waals surface area contributed by atoms with Gasteiger partial charge >= 0.3 is 0 Å². The number of nitrogens with one attached hydrogen (secondary N) is 1. The summed E-state index contributed by atoms with van der Waals surface area (Å²) in [7, 11) is 0. The van der Waals surface area contributed by atoms with Crippen molar-refractivity contribution in [1.82, 2.24) is 4.90 Å². The number of anilines is 1. The molecule has 0 radical (unpaired) electrons. The van der Waals surface area contributed by atoms with Crippen LogP contribution in [-0.4, -0.2) is 41.1 Å². The van der Waals surface area contributed by atoms with Crippen LogP contribution >= 0.6 is 0 Å². The van der Waals surface area contributed by atoms with Gasteiger partial charge in [0.2, 0.25) is 5.91 Å². The van der Waals surface area contributed by atoms with Crippen molar-refractivity contribution in [3.63, 3.8) is 0 Å². The number of hydrogen-bond donors (Lipinski definition) is 2. The van der Waals surface area contributed by atoms with Gasteiger partial charge in [0.05, 0.1) is 12.6 Å². The maximum absolute atomic E-state index is 14.1. The van der Waals surface area contributed by atoms with Gasteiger partial charge in [-0.2, -0.15) is 0 Å². The summed E-state index contributed by atoms with van der Waals surface area (Å²) in [5.74, 6) is -1.59. The summed E-state index contributed by atoms with van der Waals surface area (Å²) in [6.07, 6.45) is -1.08. The van der Waals surface area contributed by atoms with Crippen LogP contribution in [0.15, 0.2) is 72.8 Å². The van der Waals surface area contributed by atoms with Crippen molar-refractivity contribution in [2.45, 2.75) is 18.7 Å². The number of ether oxygens (including phenoxy) is 1. The van der Waals surface area contributed by atoms with Gasteiger partial charge in [0, 0.05) is 23.4 Å². The number of morpholine rings is 1. The van der Waals surface area contributed by atoms with E-state index in [4.69, 9.17) is 4.74 Å². The van der Waals surface area contributed by atoms with Crippen LogP contribution in [0.2, 0.25) is 0 Å². The summed E-state index contributed by atoms with van der Waals surface area (Å²) < 4.78 is 32.5. The molecule has 0 bridgehead atoms. The molecule has 6 nitrogen and oxygen atoms in total. The molecule has 0 aromatic heterocycles. The Morgan fingerprint density at radius 2 is 1.76 bits per heavy atom. The minimum atomic E-state index is -1.08. The first-order chi connectivity index (χ1) is 15.9. The van der Waals surface area contributed by atoms with Crippen molar-refractivity contribution in [2.24, 2.45) is 0 Å². The summed E-state index contributed by atoms with van der Waals surface area (Å²) in [5, 5.41) is 13.7. The Morgan fingerprint density at radius 1 is 1.06 bits per heavy atom. The van der Waals surface area contributed by atoms with Gasteiger partial charge in [0.15, 0.2) is 0 Å². The Morgan fingerprint density at radius 3 is 2.45 bits per heavy atom. The fourth-order valence-electron chi connectivity index (χ4n) is 3.69. The van der Waals surface area contributed by atoms with Gasteiger partial charge in [0.25, 0.3) is 5.91 Å². The number of aliphatic hydroxyl groups is 1. The number of benzene rings is 3. The predicted octanol–water partition coefficient (Wildman–Crippen LogP) is 3.68. The zero-order chi connectivity index (χ0) is 23.4. The largest absolute Gasteiger partial charge is 0.386 e. The van der Waals surface area contributed by atoms with E-state index in [2.05, 4.69) is 5.32 Å². The number of carbonyl (C=O) groups is 2. The number of amides is 2. The molecular formula is C25H22F2N2O4. The standard InChI is InChI=1S/C25H22F2N2O4/c26-19-9-5-17(6-10-19)25(32)28-20-11-7-16(8-12-20)24(31)22-14-33-15-23(30)29(22)13-18-3-1-2-4-21(18)27/h1-12,22,24,31H,13-15H2,(H,28,32)/t22-,24-/m1/s1. The van der Waals surface area contributed by atoms with Crippen molar-refractivity contribution in [3.8, 4) is 0 Å². The third-order valence-electron chi connectivity index (χ3n) is 5.51. The van der Waals surface area contributed by atoms with E-state index in [-0.39, 0.29) is 25.7 Å². The zero-order valence-electron chi connectivity index (χ0n) is 17.6. The monoisotopic (exact) mass is 452 g/mol. The molecular weight excluding hydrogens is 430 g/mol. The quantitative estimate of drug-likeness (QED) is 0.598. The third kappa shape index (κ3) is 5.24. The molecule has 4 rings (SSSR count). The molecule has 0 saturated carbocycles. The van der Waals surface area contributed by atoms with Crippen LogP contribution in [0, 0.1) is 11.6 Å². The Bertz CT molecular complexity index is 1140. The number of hydrogen-bond acceptors (Lipinski definition) is 4. The second kappa shape index (κ2) is 9.89. The fraction of sp³-hybridized carbons (Fsp3) is 0.200. The van der Waals surface area contributed by atoms with E-state index in [9.17, 15) is 23.5 Å². The van der Waals surface area contributed by atoms with Crippen molar-refractivity contribution in [3.05, 3.63) is 101 Å². The maximum atomic E-state index is 14.1. The molecule has 1 aliphatic rings. The lowest BCUT2D eigenvalue weighted by atomic mass is 9.99. The Balaban J connectivity index is 1.47. The van der Waals surface area contributed by atoms with Crippen LogP contribution in [0.25, 0.3) is 0 Å². The zero-order valence-corrected chi connectivity index (χ0v) is 17.6. The average Bonchev–Trinajstić information content (AvgIpc) is 2.82. The number of carbonyl (C=O) groups excluding carboxylic acids is 2. The topological polar surface area (TPSA) is 78.9 Å². The molecule has 33 heavy (non-hydrogen) atoms. The first-order valence-corrected chi connectivity index (χ1v) is 10.4. The lowest BCUT2D eigenvalue weighted by molar-refractivity contribution is -0.155. The number of rotatable bonds is 6. The second-order valence-corrected chi connectivity index (χ2v) is 7.72. The van der Waals surface area contributed by atoms with Crippen LogP contribution in [0.4, 0.5) is 14.5 Å². The van der Waals surface area contributed by atoms with Crippen LogP contribution < -0.4 is 5.32 Å². The van der Waals surface area contributed by atoms with E-state index < -0.39 is 29.7 Å². The SMILES string of the molecule is O=C(Nc1ccc([C@@H](O)[C@H]2COCC(=O)N2Cc2ccccc2F)cc1)c1ccc(F)cc1. The van der Waals surface area contributed by atoms with Crippen molar-refractivity contribution in [1.29, 1.82) is 0 Å². The highest BCUT2D eigenvalue weighted by Gasteiger charge is 2.35. The third-order valence-corrected chi connectivity index (χ3v) is 5.51. The summed E-state index contributed by atoms with van der Waals surface area (Å²) in [4.78, 5) is 26.2. The van der Waals surface area contributed by atoms with Gasteiger partial charge in [-0.05, 0) is 48.0 Å². The van der Waals surface area contributed by atoms with Crippen molar-refractivity contribution >= 4 is 17.5 Å². The number of halogens is 2. The fourth-order valence-corrected chi connectivity index (χ4v) is 3.69. The van der Waals surface area contributed by atoms with Crippen LogP contribution in [0.1, 0.15) is 27.6 Å². The summed E-state index contributed by atoms with van der Waals surface area (Å²) >= 11 is 0. The second-order valence-electron chi connectivity index (χ2n) is 7.72. The molecule has 8 heteroatoms. The van der Waals surface area contributed by atoms with Crippen LogP contribution in [-0.2, 0) is 16.1 Å². The highest BCUT2D eigenvalue weighted by Crippen LogP contribution is 2.27. The van der Waals surface area contributed by atoms with E-state index in [1.54, 1.807) is 42.5 Å². The van der Waals surface area contributed by atoms with E-state index in [0.717, 1.165) is 0 Å². The number of aliphatic hydroxyl groups excluding tert-OH is 1. The van der Waals surface area contributed by atoms with E-state index in [0.29, 0.717) is 22.4 Å². The average molecular weight is 452 g/mol. The molecule has 2 atom stereocenters.